The van der Waals surface area contributed by atoms with Gasteiger partial charge < -0.3 is 0 Å². The summed E-state index contributed by atoms with van der Waals surface area (Å²) < 4.78 is 13.5. The molecule has 3 aromatic rings. The summed E-state index contributed by atoms with van der Waals surface area (Å²) in [6.07, 6.45) is 0. The van der Waals surface area contributed by atoms with E-state index in [4.69, 9.17) is 23.2 Å². The summed E-state index contributed by atoms with van der Waals surface area (Å²) in [6.45, 7) is 1.96. The van der Waals surface area contributed by atoms with Crippen LogP contribution in [-0.4, -0.2) is 13.1 Å². The van der Waals surface area contributed by atoms with E-state index in [2.05, 4.69) is 13.1 Å². The lowest BCUT2D eigenvalue weighted by molar-refractivity contribution is 1.33. The Balaban J connectivity index is 2.19. The van der Waals surface area contributed by atoms with E-state index in [1.54, 1.807) is 0 Å². The fourth-order valence-electron chi connectivity index (χ4n) is 1.55. The van der Waals surface area contributed by atoms with E-state index in [0.717, 1.165) is 22.5 Å². The molecule has 0 amide bonds. The molecule has 3 heterocycles. The maximum atomic E-state index is 6.15. The van der Waals surface area contributed by atoms with Crippen LogP contribution in [0.25, 0.3) is 22.5 Å². The van der Waals surface area contributed by atoms with Crippen LogP contribution in [-0.2, 0) is 0 Å². The Labute approximate surface area is 126 Å². The summed E-state index contributed by atoms with van der Waals surface area (Å²) in [6, 6.07) is 0. The Hall–Kier alpha value is -0.530. The predicted octanol–water partition coefficient (Wildman–Crippen LogP) is 5.01. The summed E-state index contributed by atoms with van der Waals surface area (Å²) in [5, 5.41) is 4.41. The van der Waals surface area contributed by atoms with Crippen LogP contribution >= 0.6 is 57.8 Å². The first-order valence-electron chi connectivity index (χ1n) is 4.85. The monoisotopic (exact) mass is 333 g/mol. The van der Waals surface area contributed by atoms with Crippen molar-refractivity contribution >= 4 is 57.8 Å². The Morgan fingerprint density at radius 2 is 1.67 bits per heavy atom. The first kappa shape index (κ1) is 12.5. The van der Waals surface area contributed by atoms with Crippen molar-refractivity contribution in [1.82, 2.24) is 13.1 Å². The van der Waals surface area contributed by atoms with E-state index in [1.807, 2.05) is 17.7 Å². The van der Waals surface area contributed by atoms with E-state index in [9.17, 15) is 0 Å². The first-order valence-corrected chi connectivity index (χ1v) is 8.05. The SMILES string of the molecule is Cc1nscc1-c1nscc1-c1nsc(Cl)c1Cl. The summed E-state index contributed by atoms with van der Waals surface area (Å²) in [5.74, 6) is 0. The maximum absolute atomic E-state index is 6.15. The molecule has 0 N–H and O–H groups in total. The molecule has 0 fully saturated rings. The zero-order chi connectivity index (χ0) is 12.7. The van der Waals surface area contributed by atoms with E-state index in [0.29, 0.717) is 15.1 Å². The molecule has 0 aliphatic heterocycles. The van der Waals surface area contributed by atoms with Gasteiger partial charge in [-0.1, -0.05) is 23.2 Å². The highest BCUT2D eigenvalue weighted by atomic mass is 35.5. The third-order valence-electron chi connectivity index (χ3n) is 2.43. The summed E-state index contributed by atoms with van der Waals surface area (Å²) in [5.41, 5.74) is 4.47. The number of rotatable bonds is 2. The average Bonchev–Trinajstić information content (AvgIpc) is 3.02. The van der Waals surface area contributed by atoms with Crippen LogP contribution in [0.3, 0.4) is 0 Å². The quantitative estimate of drug-likeness (QED) is 0.661. The van der Waals surface area contributed by atoms with Crippen LogP contribution in [0.2, 0.25) is 9.36 Å². The van der Waals surface area contributed by atoms with Crippen molar-refractivity contribution < 1.29 is 0 Å². The molecule has 0 radical (unpaired) electrons. The largest absolute Gasteiger partial charge is 0.197 e. The van der Waals surface area contributed by atoms with Crippen molar-refractivity contribution in [3.8, 4) is 22.5 Å². The van der Waals surface area contributed by atoms with Crippen LogP contribution in [0.15, 0.2) is 10.8 Å². The van der Waals surface area contributed by atoms with Crippen molar-refractivity contribution in [2.45, 2.75) is 6.92 Å². The summed E-state index contributed by atoms with van der Waals surface area (Å²) in [4.78, 5) is 0. The number of aromatic nitrogens is 3. The van der Waals surface area contributed by atoms with Crippen molar-refractivity contribution in [2.75, 3.05) is 0 Å². The zero-order valence-electron chi connectivity index (χ0n) is 8.98. The molecule has 0 saturated carbocycles. The fraction of sp³-hybridized carbons (Fsp3) is 0.100. The second-order valence-electron chi connectivity index (χ2n) is 3.51. The van der Waals surface area contributed by atoms with E-state index >= 15 is 0 Å². The molecule has 0 atom stereocenters. The van der Waals surface area contributed by atoms with E-state index < -0.39 is 0 Å². The lowest BCUT2D eigenvalue weighted by Crippen LogP contribution is -1.83. The van der Waals surface area contributed by atoms with Crippen LogP contribution in [0.4, 0.5) is 0 Å². The lowest BCUT2D eigenvalue weighted by Gasteiger charge is -1.99. The minimum absolute atomic E-state index is 0.490. The number of hydrogen-bond acceptors (Lipinski definition) is 6. The molecule has 0 spiro atoms. The highest BCUT2D eigenvalue weighted by Gasteiger charge is 2.20. The summed E-state index contributed by atoms with van der Waals surface area (Å²) in [7, 11) is 0. The highest BCUT2D eigenvalue weighted by Crippen LogP contribution is 2.41. The Kier molecular flexibility index (Phi) is 3.38. The van der Waals surface area contributed by atoms with Gasteiger partial charge in [0.2, 0.25) is 0 Å². The molecular formula is C10H5Cl2N3S3. The van der Waals surface area contributed by atoms with Gasteiger partial charge in [-0.3, -0.25) is 0 Å². The second kappa shape index (κ2) is 4.86. The first-order chi connectivity index (χ1) is 8.68. The number of halogens is 2. The van der Waals surface area contributed by atoms with Gasteiger partial charge in [-0.2, -0.15) is 13.1 Å². The number of hydrogen-bond donors (Lipinski definition) is 0. The second-order valence-corrected chi connectivity index (χ2v) is 6.52. The van der Waals surface area contributed by atoms with Gasteiger partial charge in [0.25, 0.3) is 0 Å². The van der Waals surface area contributed by atoms with E-state index in [1.165, 1.54) is 34.6 Å². The molecule has 0 aliphatic rings. The molecule has 8 heteroatoms. The van der Waals surface area contributed by atoms with Gasteiger partial charge in [-0.25, -0.2) is 0 Å². The molecule has 0 unspecified atom stereocenters. The minimum Gasteiger partial charge on any atom is -0.197 e. The Morgan fingerprint density at radius 3 is 2.28 bits per heavy atom. The molecule has 3 rings (SSSR count). The van der Waals surface area contributed by atoms with Crippen LogP contribution in [0.5, 0.6) is 0 Å². The third kappa shape index (κ3) is 1.98. The fourth-order valence-corrected chi connectivity index (χ4v) is 3.95. The van der Waals surface area contributed by atoms with Gasteiger partial charge in [0.05, 0.1) is 16.4 Å². The molecule has 0 saturated heterocycles. The molecule has 3 nitrogen and oxygen atoms in total. The number of aryl methyl sites for hydroxylation is 1. The van der Waals surface area contributed by atoms with Crippen molar-refractivity contribution in [2.24, 2.45) is 0 Å². The van der Waals surface area contributed by atoms with Crippen LogP contribution in [0.1, 0.15) is 5.69 Å². The van der Waals surface area contributed by atoms with Crippen LogP contribution < -0.4 is 0 Å². The molecule has 0 bridgehead atoms. The third-order valence-corrected chi connectivity index (χ3v) is 5.39. The van der Waals surface area contributed by atoms with E-state index in [-0.39, 0.29) is 0 Å². The van der Waals surface area contributed by atoms with Gasteiger partial charge in [-0.15, -0.1) is 0 Å². The van der Waals surface area contributed by atoms with Crippen molar-refractivity contribution in [3.63, 3.8) is 0 Å². The molecular weight excluding hydrogens is 329 g/mol. The van der Waals surface area contributed by atoms with Gasteiger partial charge in [-0.05, 0) is 41.5 Å². The smallest absolute Gasteiger partial charge is 0.133 e. The lowest BCUT2D eigenvalue weighted by atomic mass is 10.1. The Bertz CT molecular complexity index is 701. The highest BCUT2D eigenvalue weighted by molar-refractivity contribution is 7.11. The van der Waals surface area contributed by atoms with Crippen molar-refractivity contribution in [1.29, 1.82) is 0 Å². The predicted molar refractivity (Wildman–Crippen MR) is 79.1 cm³/mol. The standard InChI is InChI=1S/C10H5Cl2N3S3/c1-4-5(2-16-13-4)8-6(3-17-14-8)9-7(11)10(12)18-15-9/h2-3H,1H3. The molecule has 18 heavy (non-hydrogen) atoms. The molecule has 92 valence electrons. The minimum atomic E-state index is 0.490. The van der Waals surface area contributed by atoms with Gasteiger partial charge in [0.15, 0.2) is 0 Å². The topological polar surface area (TPSA) is 38.7 Å². The van der Waals surface area contributed by atoms with Crippen LogP contribution in [0, 0.1) is 6.92 Å². The maximum Gasteiger partial charge on any atom is 0.133 e. The number of nitrogens with zero attached hydrogens (tertiary/aromatic N) is 3. The molecule has 0 aliphatic carbocycles. The average molecular weight is 334 g/mol. The zero-order valence-corrected chi connectivity index (χ0v) is 12.9. The van der Waals surface area contributed by atoms with Gasteiger partial charge in [0.1, 0.15) is 10.0 Å². The normalized spacial score (nSPS) is 11.1. The van der Waals surface area contributed by atoms with Gasteiger partial charge >= 0.3 is 0 Å². The molecule has 0 aromatic carbocycles. The summed E-state index contributed by atoms with van der Waals surface area (Å²) >= 11 is 16.1. The van der Waals surface area contributed by atoms with Crippen molar-refractivity contribution in [3.05, 3.63) is 25.8 Å². The van der Waals surface area contributed by atoms with Gasteiger partial charge in [0, 0.05) is 21.9 Å². The Morgan fingerprint density at radius 1 is 0.944 bits per heavy atom. The molecule has 3 aromatic heterocycles.